The summed E-state index contributed by atoms with van der Waals surface area (Å²) in [6, 6.07) is 12.2. The average Bonchev–Trinajstić information content (AvgIpc) is 2.70. The lowest BCUT2D eigenvalue weighted by molar-refractivity contribution is -0.121. The summed E-state index contributed by atoms with van der Waals surface area (Å²) in [6.07, 6.45) is 0. The molecule has 28 heavy (non-hydrogen) atoms. The van der Waals surface area contributed by atoms with Gasteiger partial charge in [0.15, 0.2) is 0 Å². The van der Waals surface area contributed by atoms with E-state index in [2.05, 4.69) is 39.8 Å². The number of hydrogen-bond donors (Lipinski definition) is 0. The number of ketones is 1. The summed E-state index contributed by atoms with van der Waals surface area (Å²) >= 11 is 0. The van der Waals surface area contributed by atoms with E-state index in [-0.39, 0.29) is 17.6 Å². The second-order valence-electron chi connectivity index (χ2n) is 8.09. The quantitative estimate of drug-likeness (QED) is 0.528. The van der Waals surface area contributed by atoms with Gasteiger partial charge in [-0.15, -0.1) is 0 Å². The fraction of sp³-hybridized carbons (Fsp3) is 0.480. The number of para-hydroxylation sites is 2. The van der Waals surface area contributed by atoms with Crippen LogP contribution in [0.3, 0.4) is 0 Å². The van der Waals surface area contributed by atoms with E-state index in [1.165, 1.54) is 0 Å². The van der Waals surface area contributed by atoms with Gasteiger partial charge in [0.2, 0.25) is 0 Å². The van der Waals surface area contributed by atoms with Crippen molar-refractivity contribution in [3.8, 4) is 11.5 Å². The van der Waals surface area contributed by atoms with Crippen LogP contribution < -0.4 is 9.47 Å². The number of hydrogen-bond acceptors (Lipinski definition) is 3. The van der Waals surface area contributed by atoms with Crippen LogP contribution in [0.15, 0.2) is 36.4 Å². The number of carbonyl (C=O) groups is 1. The molecule has 0 amide bonds. The van der Waals surface area contributed by atoms with E-state index in [4.69, 9.17) is 9.47 Å². The second-order valence-corrected chi connectivity index (χ2v) is 8.09. The Morgan fingerprint density at radius 1 is 0.643 bits per heavy atom. The summed E-state index contributed by atoms with van der Waals surface area (Å²) in [5.74, 6) is 1.95. The maximum Gasteiger partial charge on any atom is 0.147 e. The highest BCUT2D eigenvalue weighted by Gasteiger charge is 2.29. The predicted molar refractivity (Wildman–Crippen MR) is 116 cm³/mol. The van der Waals surface area contributed by atoms with Crippen molar-refractivity contribution in [3.63, 3.8) is 0 Å². The van der Waals surface area contributed by atoms with Gasteiger partial charge in [-0.1, -0.05) is 77.9 Å². The Morgan fingerprint density at radius 2 is 0.964 bits per heavy atom. The van der Waals surface area contributed by atoms with Crippen molar-refractivity contribution < 1.29 is 14.3 Å². The largest absolute Gasteiger partial charge is 0.496 e. The van der Waals surface area contributed by atoms with E-state index in [1.807, 2.05) is 38.1 Å². The zero-order valence-corrected chi connectivity index (χ0v) is 18.5. The molecule has 0 saturated heterocycles. The van der Waals surface area contributed by atoms with Crippen molar-refractivity contribution in [1.29, 1.82) is 0 Å². The van der Waals surface area contributed by atoms with Crippen molar-refractivity contribution in [2.75, 3.05) is 14.2 Å². The Morgan fingerprint density at radius 3 is 1.25 bits per heavy atom. The van der Waals surface area contributed by atoms with Crippen LogP contribution in [-0.2, 0) is 4.79 Å². The summed E-state index contributed by atoms with van der Waals surface area (Å²) in [4.78, 5) is 13.4. The first-order valence-electron chi connectivity index (χ1n) is 10.1. The van der Waals surface area contributed by atoms with Crippen LogP contribution >= 0.6 is 0 Å². The third kappa shape index (κ3) is 4.24. The van der Waals surface area contributed by atoms with Gasteiger partial charge in [-0.3, -0.25) is 4.79 Å². The van der Waals surface area contributed by atoms with Gasteiger partial charge in [-0.25, -0.2) is 0 Å². The molecule has 0 fully saturated rings. The molecule has 152 valence electrons. The molecule has 3 nitrogen and oxygen atoms in total. The van der Waals surface area contributed by atoms with Crippen LogP contribution in [0.5, 0.6) is 11.5 Å². The summed E-state index contributed by atoms with van der Waals surface area (Å²) in [7, 11) is 3.36. The normalized spacial score (nSPS) is 13.5. The number of carbonyl (C=O) groups excluding carboxylic acids is 1. The molecular formula is C25H34O3. The Bertz CT molecular complexity index is 753. The topological polar surface area (TPSA) is 35.5 Å². The minimum atomic E-state index is -0.268. The highest BCUT2D eigenvalue weighted by atomic mass is 16.5. The molecule has 0 aliphatic heterocycles. The lowest BCUT2D eigenvalue weighted by Gasteiger charge is -2.24. The molecular weight excluding hydrogens is 348 g/mol. The minimum Gasteiger partial charge on any atom is -0.496 e. The van der Waals surface area contributed by atoms with Gasteiger partial charge < -0.3 is 9.47 Å². The standard InChI is InChI=1S/C25H34O3/c1-15(2)19-11-9-13-21(24(19)27-7)17(5)23(26)18(6)22-14-10-12-20(16(3)4)25(22)28-8/h9-18H,1-8H3. The fourth-order valence-corrected chi connectivity index (χ4v) is 3.89. The molecule has 2 rings (SSSR count). The molecule has 0 radical (unpaired) electrons. The molecule has 0 aliphatic rings. The molecule has 0 aromatic heterocycles. The van der Waals surface area contributed by atoms with E-state index in [0.29, 0.717) is 11.8 Å². The molecule has 0 heterocycles. The number of benzene rings is 2. The molecule has 2 unspecified atom stereocenters. The van der Waals surface area contributed by atoms with E-state index < -0.39 is 0 Å². The smallest absolute Gasteiger partial charge is 0.147 e. The van der Waals surface area contributed by atoms with Crippen LogP contribution in [0.2, 0.25) is 0 Å². The fourth-order valence-electron chi connectivity index (χ4n) is 3.89. The molecule has 2 aromatic carbocycles. The molecule has 0 saturated carbocycles. The van der Waals surface area contributed by atoms with Crippen LogP contribution in [0.4, 0.5) is 0 Å². The maximum absolute atomic E-state index is 13.4. The van der Waals surface area contributed by atoms with Crippen LogP contribution in [-0.4, -0.2) is 20.0 Å². The van der Waals surface area contributed by atoms with Gasteiger partial charge in [0.1, 0.15) is 17.3 Å². The van der Waals surface area contributed by atoms with E-state index in [0.717, 1.165) is 33.8 Å². The van der Waals surface area contributed by atoms with E-state index in [1.54, 1.807) is 14.2 Å². The number of methoxy groups -OCH3 is 2. The van der Waals surface area contributed by atoms with Gasteiger partial charge in [0.05, 0.1) is 14.2 Å². The van der Waals surface area contributed by atoms with E-state index >= 15 is 0 Å². The Kier molecular flexibility index (Phi) is 7.29. The van der Waals surface area contributed by atoms with Crippen molar-refractivity contribution in [1.82, 2.24) is 0 Å². The maximum atomic E-state index is 13.4. The Labute approximate surface area is 170 Å². The number of rotatable bonds is 8. The van der Waals surface area contributed by atoms with Crippen LogP contribution in [0.1, 0.15) is 87.5 Å². The van der Waals surface area contributed by atoms with Crippen molar-refractivity contribution in [2.45, 2.75) is 65.2 Å². The first kappa shape index (κ1) is 22.0. The average molecular weight is 383 g/mol. The number of ether oxygens (including phenoxy) is 2. The van der Waals surface area contributed by atoms with E-state index in [9.17, 15) is 4.79 Å². The first-order chi connectivity index (χ1) is 13.2. The highest BCUT2D eigenvalue weighted by Crippen LogP contribution is 2.39. The summed E-state index contributed by atoms with van der Waals surface area (Å²) in [6.45, 7) is 12.5. The third-order valence-electron chi connectivity index (χ3n) is 5.59. The minimum absolute atomic E-state index is 0.165. The van der Waals surface area contributed by atoms with Crippen LogP contribution in [0, 0.1) is 0 Å². The lowest BCUT2D eigenvalue weighted by atomic mass is 9.82. The van der Waals surface area contributed by atoms with Gasteiger partial charge in [-0.2, -0.15) is 0 Å². The van der Waals surface area contributed by atoms with Gasteiger partial charge in [0.25, 0.3) is 0 Å². The zero-order valence-electron chi connectivity index (χ0n) is 18.5. The number of Topliss-reactive ketones (excluding diaryl/α,β-unsaturated/α-hetero) is 1. The molecule has 3 heteroatoms. The van der Waals surface area contributed by atoms with Gasteiger partial charge in [0, 0.05) is 23.0 Å². The second kappa shape index (κ2) is 9.27. The monoisotopic (exact) mass is 382 g/mol. The van der Waals surface area contributed by atoms with Gasteiger partial charge >= 0.3 is 0 Å². The van der Waals surface area contributed by atoms with Crippen molar-refractivity contribution >= 4 is 5.78 Å². The summed E-state index contributed by atoms with van der Waals surface area (Å²) < 4.78 is 11.4. The van der Waals surface area contributed by atoms with Gasteiger partial charge in [-0.05, 0) is 23.0 Å². The first-order valence-corrected chi connectivity index (χ1v) is 10.1. The lowest BCUT2D eigenvalue weighted by Crippen LogP contribution is -2.18. The molecule has 2 aromatic rings. The Balaban J connectivity index is 2.45. The SMILES string of the molecule is COc1c(C(C)C)cccc1C(C)C(=O)C(C)c1cccc(C(C)C)c1OC. The summed E-state index contributed by atoms with van der Waals surface area (Å²) in [5.41, 5.74) is 4.16. The van der Waals surface area contributed by atoms with Crippen molar-refractivity contribution in [3.05, 3.63) is 58.7 Å². The third-order valence-corrected chi connectivity index (χ3v) is 5.59. The Hall–Kier alpha value is -2.29. The molecule has 0 N–H and O–H groups in total. The summed E-state index contributed by atoms with van der Waals surface area (Å²) in [5, 5.41) is 0. The van der Waals surface area contributed by atoms with Crippen molar-refractivity contribution in [2.24, 2.45) is 0 Å². The molecule has 0 aliphatic carbocycles. The molecule has 0 bridgehead atoms. The van der Waals surface area contributed by atoms with Crippen LogP contribution in [0.25, 0.3) is 0 Å². The predicted octanol–water partition coefficient (Wildman–Crippen LogP) is 6.43. The zero-order chi connectivity index (χ0) is 21.0. The molecule has 2 atom stereocenters. The highest BCUT2D eigenvalue weighted by molar-refractivity contribution is 5.92. The molecule has 0 spiro atoms.